The van der Waals surface area contributed by atoms with E-state index >= 15 is 0 Å². The quantitative estimate of drug-likeness (QED) is 0.732. The van der Waals surface area contributed by atoms with Gasteiger partial charge >= 0.3 is 5.97 Å². The lowest BCUT2D eigenvalue weighted by Crippen LogP contribution is -2.42. The number of nitrogens with zero attached hydrogens (tertiary/aromatic N) is 2. The van der Waals surface area contributed by atoms with Crippen LogP contribution in [-0.4, -0.2) is 41.5 Å². The number of hydrogen-bond donors (Lipinski definition) is 0. The van der Waals surface area contributed by atoms with Crippen LogP contribution in [0.5, 0.6) is 0 Å². The number of aryl methyl sites for hydroxylation is 1. The molecule has 1 aliphatic rings. The Bertz CT molecular complexity index is 804. The van der Waals surface area contributed by atoms with Crippen molar-refractivity contribution in [2.24, 2.45) is 5.92 Å². The number of ether oxygens (including phenoxy) is 1. The van der Waals surface area contributed by atoms with Gasteiger partial charge in [-0.3, -0.25) is 9.59 Å². The summed E-state index contributed by atoms with van der Waals surface area (Å²) in [7, 11) is 0. The molecule has 0 N–H and O–H groups in total. The van der Waals surface area contributed by atoms with Crippen molar-refractivity contribution in [3.63, 3.8) is 0 Å². The Labute approximate surface area is 161 Å². The molecule has 1 unspecified atom stereocenters. The third-order valence-corrected chi connectivity index (χ3v) is 5.86. The monoisotopic (exact) mass is 392 g/mol. The van der Waals surface area contributed by atoms with E-state index in [4.69, 9.17) is 16.3 Å². The molecule has 0 radical (unpaired) electrons. The molecule has 0 bridgehead atoms. The van der Waals surface area contributed by atoms with E-state index in [0.717, 1.165) is 23.4 Å². The molecule has 0 saturated carbocycles. The van der Waals surface area contributed by atoms with Gasteiger partial charge in [0, 0.05) is 23.7 Å². The number of benzene rings is 1. The van der Waals surface area contributed by atoms with Crippen molar-refractivity contribution in [2.45, 2.75) is 26.7 Å². The van der Waals surface area contributed by atoms with Gasteiger partial charge in [-0.05, 0) is 38.8 Å². The van der Waals surface area contributed by atoms with Crippen molar-refractivity contribution >= 4 is 34.8 Å². The van der Waals surface area contributed by atoms with E-state index in [-0.39, 0.29) is 17.8 Å². The summed E-state index contributed by atoms with van der Waals surface area (Å²) in [5.41, 5.74) is 1.65. The van der Waals surface area contributed by atoms with Crippen molar-refractivity contribution in [2.75, 3.05) is 19.7 Å². The molecule has 1 aliphatic heterocycles. The van der Waals surface area contributed by atoms with Crippen molar-refractivity contribution in [1.82, 2.24) is 9.88 Å². The van der Waals surface area contributed by atoms with Gasteiger partial charge in [-0.2, -0.15) is 0 Å². The summed E-state index contributed by atoms with van der Waals surface area (Å²) in [5.74, 6) is -0.515. The molecule has 7 heteroatoms. The second kappa shape index (κ2) is 8.18. The van der Waals surface area contributed by atoms with Crippen LogP contribution in [0, 0.1) is 12.8 Å². The Kier molecular flexibility index (Phi) is 5.94. The van der Waals surface area contributed by atoms with Crippen LogP contribution >= 0.6 is 22.9 Å². The number of aromatic nitrogens is 1. The third kappa shape index (κ3) is 4.07. The van der Waals surface area contributed by atoms with Crippen LogP contribution < -0.4 is 0 Å². The summed E-state index contributed by atoms with van der Waals surface area (Å²) >= 11 is 7.31. The molecule has 3 rings (SSSR count). The highest BCUT2D eigenvalue weighted by Gasteiger charge is 2.31. The summed E-state index contributed by atoms with van der Waals surface area (Å²) in [5, 5.41) is 1.46. The zero-order chi connectivity index (χ0) is 18.7. The van der Waals surface area contributed by atoms with Crippen LogP contribution in [0.15, 0.2) is 24.3 Å². The van der Waals surface area contributed by atoms with Gasteiger partial charge in [0.1, 0.15) is 9.88 Å². The SMILES string of the molecule is CCOC(=O)C1CCCN(C(=O)c2sc(-c3ccc(Cl)cc3)nc2C)C1. The summed E-state index contributed by atoms with van der Waals surface area (Å²) in [6.45, 7) is 5.06. The molecule has 0 spiro atoms. The van der Waals surface area contributed by atoms with E-state index < -0.39 is 0 Å². The largest absolute Gasteiger partial charge is 0.466 e. The van der Waals surface area contributed by atoms with Crippen LogP contribution in [0.2, 0.25) is 5.02 Å². The number of piperidine rings is 1. The first-order chi connectivity index (χ1) is 12.5. The number of likely N-dealkylation sites (tertiary alicyclic amines) is 1. The van der Waals surface area contributed by atoms with Crippen LogP contribution in [0.4, 0.5) is 0 Å². The van der Waals surface area contributed by atoms with Crippen molar-refractivity contribution in [1.29, 1.82) is 0 Å². The topological polar surface area (TPSA) is 59.5 Å². The van der Waals surface area contributed by atoms with E-state index in [2.05, 4.69) is 4.98 Å². The Morgan fingerprint density at radius 3 is 2.77 bits per heavy atom. The second-order valence-corrected chi connectivity index (χ2v) is 7.72. The van der Waals surface area contributed by atoms with Gasteiger partial charge in [0.15, 0.2) is 0 Å². The summed E-state index contributed by atoms with van der Waals surface area (Å²) in [6, 6.07) is 7.41. The predicted octanol–water partition coefficient (Wildman–Crippen LogP) is 4.19. The molecule has 1 saturated heterocycles. The minimum Gasteiger partial charge on any atom is -0.466 e. The van der Waals surface area contributed by atoms with Crippen LogP contribution in [0.25, 0.3) is 10.6 Å². The molecule has 1 fully saturated rings. The molecule has 5 nitrogen and oxygen atoms in total. The minimum absolute atomic E-state index is 0.0609. The minimum atomic E-state index is -0.239. The van der Waals surface area contributed by atoms with E-state index in [1.807, 2.05) is 31.2 Å². The first kappa shape index (κ1) is 18.9. The van der Waals surface area contributed by atoms with E-state index in [1.54, 1.807) is 11.8 Å². The Hall–Kier alpha value is -1.92. The first-order valence-electron chi connectivity index (χ1n) is 8.69. The summed E-state index contributed by atoms with van der Waals surface area (Å²) < 4.78 is 5.11. The van der Waals surface area contributed by atoms with E-state index in [0.29, 0.717) is 35.3 Å². The fourth-order valence-corrected chi connectivity index (χ4v) is 4.23. The molecule has 0 aliphatic carbocycles. The third-order valence-electron chi connectivity index (χ3n) is 4.41. The molecule has 2 aromatic rings. The normalized spacial score (nSPS) is 17.2. The highest BCUT2D eigenvalue weighted by Crippen LogP contribution is 2.30. The van der Waals surface area contributed by atoms with Gasteiger partial charge in [0.25, 0.3) is 5.91 Å². The smallest absolute Gasteiger partial charge is 0.310 e. The number of rotatable bonds is 4. The van der Waals surface area contributed by atoms with Gasteiger partial charge in [-0.15, -0.1) is 11.3 Å². The fraction of sp³-hybridized carbons (Fsp3) is 0.421. The average Bonchev–Trinajstić information content (AvgIpc) is 3.03. The summed E-state index contributed by atoms with van der Waals surface area (Å²) in [6.07, 6.45) is 1.57. The number of hydrogen-bond acceptors (Lipinski definition) is 5. The van der Waals surface area contributed by atoms with Crippen LogP contribution in [0.3, 0.4) is 0 Å². The van der Waals surface area contributed by atoms with Crippen molar-refractivity contribution in [3.8, 4) is 10.6 Å². The molecule has 1 amide bonds. The molecule has 26 heavy (non-hydrogen) atoms. The number of halogens is 1. The Balaban J connectivity index is 1.77. The maximum Gasteiger partial charge on any atom is 0.310 e. The number of carbonyl (C=O) groups is 2. The summed E-state index contributed by atoms with van der Waals surface area (Å²) in [4.78, 5) is 31.9. The average molecular weight is 393 g/mol. The Morgan fingerprint density at radius 1 is 1.35 bits per heavy atom. The van der Waals surface area contributed by atoms with Crippen molar-refractivity contribution < 1.29 is 14.3 Å². The lowest BCUT2D eigenvalue weighted by molar-refractivity contribution is -0.149. The molecule has 138 valence electrons. The maximum absolute atomic E-state index is 13.0. The number of carbonyl (C=O) groups excluding carboxylic acids is 2. The molecule has 2 heterocycles. The maximum atomic E-state index is 13.0. The lowest BCUT2D eigenvalue weighted by atomic mass is 9.98. The molecular formula is C19H21ClN2O3S. The van der Waals surface area contributed by atoms with Crippen LogP contribution in [-0.2, 0) is 9.53 Å². The Morgan fingerprint density at radius 2 is 2.08 bits per heavy atom. The molecule has 1 atom stereocenters. The van der Waals surface area contributed by atoms with Gasteiger partial charge in [0.2, 0.25) is 0 Å². The predicted molar refractivity (Wildman–Crippen MR) is 103 cm³/mol. The van der Waals surface area contributed by atoms with Crippen molar-refractivity contribution in [3.05, 3.63) is 39.9 Å². The van der Waals surface area contributed by atoms with E-state index in [9.17, 15) is 9.59 Å². The van der Waals surface area contributed by atoms with E-state index in [1.165, 1.54) is 11.3 Å². The number of thiazole rings is 1. The van der Waals surface area contributed by atoms with Gasteiger partial charge < -0.3 is 9.64 Å². The van der Waals surface area contributed by atoms with Crippen LogP contribution in [0.1, 0.15) is 35.1 Å². The highest BCUT2D eigenvalue weighted by molar-refractivity contribution is 7.17. The number of esters is 1. The number of amides is 1. The standard InChI is InChI=1S/C19H21ClN2O3S/c1-3-25-19(24)14-5-4-10-22(11-14)18(23)16-12(2)21-17(26-16)13-6-8-15(20)9-7-13/h6-9,14H,3-5,10-11H2,1-2H3. The zero-order valence-electron chi connectivity index (χ0n) is 14.8. The fourth-order valence-electron chi connectivity index (χ4n) is 3.07. The molecule has 1 aromatic carbocycles. The zero-order valence-corrected chi connectivity index (χ0v) is 16.4. The molecular weight excluding hydrogens is 372 g/mol. The van der Waals surface area contributed by atoms with Gasteiger partial charge in [-0.1, -0.05) is 23.7 Å². The highest BCUT2D eigenvalue weighted by atomic mass is 35.5. The first-order valence-corrected chi connectivity index (χ1v) is 9.88. The molecule has 1 aromatic heterocycles. The van der Waals surface area contributed by atoms with Gasteiger partial charge in [0.05, 0.1) is 18.2 Å². The van der Waals surface area contributed by atoms with Gasteiger partial charge in [-0.25, -0.2) is 4.98 Å². The lowest BCUT2D eigenvalue weighted by Gasteiger charge is -2.31. The second-order valence-electron chi connectivity index (χ2n) is 6.28.